The number of nitrogens with zero attached hydrogens (tertiary/aromatic N) is 3. The van der Waals surface area contributed by atoms with Crippen LogP contribution in [0.1, 0.15) is 0 Å². The van der Waals surface area contributed by atoms with Crippen LogP contribution in [0.2, 0.25) is 0 Å². The Bertz CT molecular complexity index is 528. The molecule has 0 N–H and O–H groups in total. The summed E-state index contributed by atoms with van der Waals surface area (Å²) < 4.78 is 16.2. The highest BCUT2D eigenvalue weighted by Gasteiger charge is 2.27. The van der Waals surface area contributed by atoms with Crippen LogP contribution in [-0.4, -0.2) is 76.3 Å². The molecule has 0 radical (unpaired) electrons. The van der Waals surface area contributed by atoms with Crippen molar-refractivity contribution in [3.8, 4) is 0 Å². The van der Waals surface area contributed by atoms with E-state index in [1.54, 1.807) is 25.3 Å². The molecule has 1 saturated heterocycles. The molecule has 1 aliphatic heterocycles. The number of hydrogen-bond acceptors (Lipinski definition) is 7. The van der Waals surface area contributed by atoms with Crippen molar-refractivity contribution in [1.82, 2.24) is 4.90 Å². The highest BCUT2D eigenvalue weighted by Crippen LogP contribution is 2.28. The molecule has 1 aromatic carbocycles. The SMILES string of the molecule is COCCOCCN1CCOC(N(C)c2ccccc2[N+](=O)[O-])C1. The van der Waals surface area contributed by atoms with Crippen molar-refractivity contribution in [2.75, 3.05) is 65.1 Å². The number of anilines is 1. The Morgan fingerprint density at radius 3 is 2.92 bits per heavy atom. The van der Waals surface area contributed by atoms with E-state index in [9.17, 15) is 10.1 Å². The number of hydrogen-bond donors (Lipinski definition) is 0. The van der Waals surface area contributed by atoms with Crippen LogP contribution in [0.4, 0.5) is 11.4 Å². The maximum absolute atomic E-state index is 11.2. The summed E-state index contributed by atoms with van der Waals surface area (Å²) in [7, 11) is 3.47. The Balaban J connectivity index is 1.90. The van der Waals surface area contributed by atoms with Gasteiger partial charge in [0.1, 0.15) is 11.9 Å². The van der Waals surface area contributed by atoms with E-state index in [1.165, 1.54) is 6.07 Å². The first kappa shape index (κ1) is 18.6. The summed E-state index contributed by atoms with van der Waals surface area (Å²) in [5.74, 6) is 0. The summed E-state index contributed by atoms with van der Waals surface area (Å²) in [6, 6.07) is 6.72. The van der Waals surface area contributed by atoms with Crippen LogP contribution in [0.3, 0.4) is 0 Å². The molecule has 0 aromatic heterocycles. The first-order valence-electron chi connectivity index (χ1n) is 8.00. The van der Waals surface area contributed by atoms with Gasteiger partial charge in [-0.3, -0.25) is 15.0 Å². The molecule has 0 spiro atoms. The minimum Gasteiger partial charge on any atom is -0.382 e. The largest absolute Gasteiger partial charge is 0.382 e. The average molecular weight is 339 g/mol. The second-order valence-corrected chi connectivity index (χ2v) is 5.59. The number of benzene rings is 1. The van der Waals surface area contributed by atoms with Crippen LogP contribution in [0, 0.1) is 10.1 Å². The lowest BCUT2D eigenvalue weighted by molar-refractivity contribution is -0.384. The Morgan fingerprint density at radius 2 is 2.17 bits per heavy atom. The maximum Gasteiger partial charge on any atom is 0.292 e. The van der Waals surface area contributed by atoms with Crippen molar-refractivity contribution in [3.63, 3.8) is 0 Å². The lowest BCUT2D eigenvalue weighted by Crippen LogP contribution is -2.50. The molecule has 1 aliphatic rings. The number of rotatable bonds is 9. The normalized spacial score (nSPS) is 18.5. The molecular weight excluding hydrogens is 314 g/mol. The molecule has 0 aliphatic carbocycles. The number of para-hydroxylation sites is 2. The minimum atomic E-state index is -0.365. The van der Waals surface area contributed by atoms with Crippen molar-refractivity contribution >= 4 is 11.4 Å². The molecule has 134 valence electrons. The molecule has 24 heavy (non-hydrogen) atoms. The van der Waals surface area contributed by atoms with E-state index in [2.05, 4.69) is 4.90 Å². The van der Waals surface area contributed by atoms with Gasteiger partial charge in [0.05, 0.1) is 31.4 Å². The standard InChI is InChI=1S/C16H25N3O5/c1-17(14-5-3-4-6-15(14)19(20)21)16-13-18(8-10-24-16)7-9-23-12-11-22-2/h3-6,16H,7-13H2,1-2H3. The number of morpholine rings is 1. The highest BCUT2D eigenvalue weighted by molar-refractivity contribution is 5.62. The summed E-state index contributed by atoms with van der Waals surface area (Å²) in [6.07, 6.45) is -0.223. The monoisotopic (exact) mass is 339 g/mol. The van der Waals surface area contributed by atoms with Crippen LogP contribution < -0.4 is 4.90 Å². The van der Waals surface area contributed by atoms with Crippen LogP contribution in [0.5, 0.6) is 0 Å². The third-order valence-corrected chi connectivity index (χ3v) is 4.01. The van der Waals surface area contributed by atoms with Gasteiger partial charge in [-0.05, 0) is 6.07 Å². The lowest BCUT2D eigenvalue weighted by Gasteiger charge is -2.38. The molecule has 0 bridgehead atoms. The van der Waals surface area contributed by atoms with E-state index < -0.39 is 0 Å². The first-order chi connectivity index (χ1) is 11.6. The Hall–Kier alpha value is -1.74. The predicted octanol–water partition coefficient (Wildman–Crippen LogP) is 1.35. The van der Waals surface area contributed by atoms with E-state index >= 15 is 0 Å². The Kier molecular flexibility index (Phi) is 7.38. The molecule has 0 amide bonds. The van der Waals surface area contributed by atoms with Crippen molar-refractivity contribution in [1.29, 1.82) is 0 Å². The van der Waals surface area contributed by atoms with Crippen molar-refractivity contribution in [2.24, 2.45) is 0 Å². The number of methoxy groups -OCH3 is 1. The van der Waals surface area contributed by atoms with Crippen molar-refractivity contribution in [3.05, 3.63) is 34.4 Å². The van der Waals surface area contributed by atoms with Crippen molar-refractivity contribution < 1.29 is 19.1 Å². The second-order valence-electron chi connectivity index (χ2n) is 5.59. The average Bonchev–Trinajstić information content (AvgIpc) is 2.61. The van der Waals surface area contributed by atoms with Crippen LogP contribution in [0.25, 0.3) is 0 Å². The van der Waals surface area contributed by atoms with Gasteiger partial charge < -0.3 is 19.1 Å². The van der Waals surface area contributed by atoms with Crippen LogP contribution in [0.15, 0.2) is 24.3 Å². The van der Waals surface area contributed by atoms with Crippen LogP contribution >= 0.6 is 0 Å². The molecule has 1 atom stereocenters. The van der Waals surface area contributed by atoms with E-state index in [4.69, 9.17) is 14.2 Å². The zero-order chi connectivity index (χ0) is 17.4. The summed E-state index contributed by atoms with van der Waals surface area (Å²) in [5.41, 5.74) is 0.648. The van der Waals surface area contributed by atoms with E-state index in [0.717, 1.165) is 13.1 Å². The number of nitro groups is 1. The Labute approximate surface area is 142 Å². The van der Waals surface area contributed by atoms with Gasteiger partial charge >= 0.3 is 0 Å². The van der Waals surface area contributed by atoms with E-state index in [0.29, 0.717) is 38.7 Å². The molecule has 1 heterocycles. The molecule has 1 aromatic rings. The van der Waals surface area contributed by atoms with Gasteiger partial charge in [-0.15, -0.1) is 0 Å². The zero-order valence-corrected chi connectivity index (χ0v) is 14.2. The molecular formula is C16H25N3O5. The summed E-state index contributed by atoms with van der Waals surface area (Å²) in [4.78, 5) is 14.9. The van der Waals surface area contributed by atoms with Crippen molar-refractivity contribution in [2.45, 2.75) is 6.23 Å². The van der Waals surface area contributed by atoms with Crippen LogP contribution in [-0.2, 0) is 14.2 Å². The number of likely N-dealkylation sites (N-methyl/N-ethyl adjacent to an activating group) is 1. The quantitative estimate of drug-likeness (QED) is 0.382. The first-order valence-corrected chi connectivity index (χ1v) is 8.00. The number of nitro benzene ring substituents is 1. The molecule has 2 rings (SSSR count). The fourth-order valence-corrected chi connectivity index (χ4v) is 2.63. The summed E-state index contributed by atoms with van der Waals surface area (Å²) in [5, 5.41) is 11.2. The highest BCUT2D eigenvalue weighted by atomic mass is 16.6. The van der Waals surface area contributed by atoms with Gasteiger partial charge in [0.2, 0.25) is 0 Å². The van der Waals surface area contributed by atoms with E-state index in [1.807, 2.05) is 11.9 Å². The fourth-order valence-electron chi connectivity index (χ4n) is 2.63. The van der Waals surface area contributed by atoms with Gasteiger partial charge in [-0.1, -0.05) is 12.1 Å². The topological polar surface area (TPSA) is 77.3 Å². The maximum atomic E-state index is 11.2. The molecule has 1 fully saturated rings. The number of ether oxygens (including phenoxy) is 3. The van der Waals surface area contributed by atoms with Gasteiger partial charge in [-0.25, -0.2) is 0 Å². The summed E-state index contributed by atoms with van der Waals surface area (Å²) in [6.45, 7) is 4.70. The van der Waals surface area contributed by atoms with Gasteiger partial charge in [-0.2, -0.15) is 0 Å². The fraction of sp³-hybridized carbons (Fsp3) is 0.625. The molecule has 0 saturated carbocycles. The van der Waals surface area contributed by atoms with Gasteiger partial charge in [0.25, 0.3) is 5.69 Å². The molecule has 8 nitrogen and oxygen atoms in total. The predicted molar refractivity (Wildman–Crippen MR) is 90.4 cm³/mol. The lowest BCUT2D eigenvalue weighted by atomic mass is 10.2. The second kappa shape index (κ2) is 9.53. The smallest absolute Gasteiger partial charge is 0.292 e. The minimum absolute atomic E-state index is 0.0867. The summed E-state index contributed by atoms with van der Waals surface area (Å²) >= 11 is 0. The Morgan fingerprint density at radius 1 is 1.38 bits per heavy atom. The molecule has 8 heteroatoms. The van der Waals surface area contributed by atoms with Gasteiger partial charge in [0.15, 0.2) is 0 Å². The third kappa shape index (κ3) is 5.13. The molecule has 1 unspecified atom stereocenters. The zero-order valence-electron chi connectivity index (χ0n) is 14.2. The van der Waals surface area contributed by atoms with Gasteiger partial charge in [0, 0.05) is 39.9 Å². The van der Waals surface area contributed by atoms with E-state index in [-0.39, 0.29) is 16.8 Å². The third-order valence-electron chi connectivity index (χ3n) is 4.01.